The number of rotatable bonds is 2. The van der Waals surface area contributed by atoms with Crippen LogP contribution in [0.2, 0.25) is 0 Å². The Morgan fingerprint density at radius 3 is 1.47 bits per heavy atom. The van der Waals surface area contributed by atoms with Crippen molar-refractivity contribution >= 4 is 9.63 Å². The molecule has 0 atom stereocenters. The first-order valence-electron chi connectivity index (χ1n) is 4.03. The first-order chi connectivity index (χ1) is 7.40. The van der Waals surface area contributed by atoms with Gasteiger partial charge >= 0.3 is 0 Å². The minimum atomic E-state index is -5.43. The Morgan fingerprint density at radius 2 is 1.18 bits per heavy atom. The van der Waals surface area contributed by atoms with Gasteiger partial charge < -0.3 is 9.11 Å². The van der Waals surface area contributed by atoms with Crippen LogP contribution in [0.5, 0.6) is 0 Å². The number of hydrogen-bond acceptors (Lipinski definition) is 1. The molecule has 0 aliphatic carbocycles. The van der Waals surface area contributed by atoms with Gasteiger partial charge in [0, 0.05) is 11.8 Å². The Kier molecular flexibility index (Phi) is 3.06. The first-order valence-corrected chi connectivity index (χ1v) is 6.48. The molecule has 0 bridgehead atoms. The van der Waals surface area contributed by atoms with Crippen molar-refractivity contribution in [1.82, 2.24) is 0 Å². The maximum atomic E-state index is 13.0. The average molecular weight is 278 g/mol. The van der Waals surface area contributed by atoms with E-state index < -0.39 is 50.0 Å². The largest absolute Gasteiger partial charge is 0.308 e. The molecule has 0 saturated carbocycles. The predicted molar refractivity (Wildman–Crippen MR) is 49.3 cm³/mol. The lowest BCUT2D eigenvalue weighted by Crippen LogP contribution is -2.32. The number of hydrogen-bond donors (Lipinski definition) is 2. The molecule has 0 saturated heterocycles. The van der Waals surface area contributed by atoms with Gasteiger partial charge in [0.1, 0.15) is 0 Å². The summed E-state index contributed by atoms with van der Waals surface area (Å²) in [7, 11) is -5.43. The third kappa shape index (κ3) is 2.99. The topological polar surface area (TPSA) is 57.5 Å². The van der Waals surface area contributed by atoms with Gasteiger partial charge in [0.2, 0.25) is 5.82 Å². The zero-order chi connectivity index (χ0) is 13.6. The fourth-order valence-electron chi connectivity index (χ4n) is 1.11. The van der Waals surface area contributed by atoms with Gasteiger partial charge in [-0.05, 0) is 0 Å². The highest BCUT2D eigenvalue weighted by molar-refractivity contribution is 8.08. The lowest BCUT2D eigenvalue weighted by molar-refractivity contribution is 0.364. The second-order valence-corrected chi connectivity index (χ2v) is 6.76. The lowest BCUT2D eigenvalue weighted by Gasteiger charge is -2.25. The van der Waals surface area contributed by atoms with Crippen molar-refractivity contribution in [3.05, 3.63) is 34.6 Å². The molecule has 1 aromatic rings. The molecule has 0 aliphatic rings. The Hall–Kier alpha value is -1.06. The number of benzene rings is 1. The lowest BCUT2D eigenvalue weighted by atomic mass is 10.2. The quantitative estimate of drug-likeness (QED) is 0.495. The highest BCUT2D eigenvalue weighted by Crippen LogP contribution is 2.28. The Bertz CT molecular complexity index is 511. The minimum absolute atomic E-state index is 0.329. The molecule has 0 spiro atoms. The van der Waals surface area contributed by atoms with Gasteiger partial charge in [-0.25, -0.2) is 26.2 Å². The first kappa shape index (κ1) is 14.0. The average Bonchev–Trinajstić information content (AvgIpc) is 2.16. The van der Waals surface area contributed by atoms with Crippen LogP contribution in [-0.4, -0.2) is 19.6 Å². The molecule has 0 aliphatic heterocycles. The van der Waals surface area contributed by atoms with Crippen LogP contribution in [0.4, 0.5) is 22.0 Å². The van der Waals surface area contributed by atoms with Crippen molar-refractivity contribution in [2.75, 3.05) is 6.26 Å². The minimum Gasteiger partial charge on any atom is -0.308 e. The zero-order valence-corrected chi connectivity index (χ0v) is 9.12. The van der Waals surface area contributed by atoms with Crippen molar-refractivity contribution in [2.45, 2.75) is 5.75 Å². The van der Waals surface area contributed by atoms with E-state index in [1.54, 1.807) is 0 Å². The molecule has 1 rings (SSSR count). The fraction of sp³-hybridized carbons (Fsp3) is 0.250. The van der Waals surface area contributed by atoms with Crippen LogP contribution in [0.3, 0.4) is 0 Å². The molecule has 0 amide bonds. The van der Waals surface area contributed by atoms with Gasteiger partial charge in [-0.1, -0.05) is 0 Å². The molecule has 98 valence electrons. The van der Waals surface area contributed by atoms with Crippen LogP contribution in [0.25, 0.3) is 0 Å². The summed E-state index contributed by atoms with van der Waals surface area (Å²) < 4.78 is 92.8. The maximum Gasteiger partial charge on any atom is 0.200 e. The summed E-state index contributed by atoms with van der Waals surface area (Å²) in [5, 5.41) is 0. The predicted octanol–water partition coefficient (Wildman–Crippen LogP) is 2.28. The van der Waals surface area contributed by atoms with Gasteiger partial charge in [0.25, 0.3) is 0 Å². The van der Waals surface area contributed by atoms with Crippen LogP contribution in [0.1, 0.15) is 5.56 Å². The van der Waals surface area contributed by atoms with Crippen LogP contribution in [0, 0.1) is 29.1 Å². The summed E-state index contributed by atoms with van der Waals surface area (Å²) >= 11 is 0. The van der Waals surface area contributed by atoms with E-state index in [1.165, 1.54) is 0 Å². The van der Waals surface area contributed by atoms with Gasteiger partial charge in [0.05, 0.1) is 15.4 Å². The van der Waals surface area contributed by atoms with E-state index in [0.717, 1.165) is 0 Å². The van der Waals surface area contributed by atoms with Crippen molar-refractivity contribution < 1.29 is 35.3 Å². The van der Waals surface area contributed by atoms with E-state index in [0.29, 0.717) is 6.26 Å². The molecular weight excluding hydrogens is 271 g/mol. The van der Waals surface area contributed by atoms with Crippen LogP contribution >= 0.6 is 0 Å². The normalized spacial score (nSPS) is 14.5. The Labute approximate surface area is 92.3 Å². The van der Waals surface area contributed by atoms with E-state index in [1.807, 2.05) is 0 Å². The summed E-state index contributed by atoms with van der Waals surface area (Å²) in [6.45, 7) is 0. The highest BCUT2D eigenvalue weighted by atomic mass is 32.3. The van der Waals surface area contributed by atoms with Crippen molar-refractivity contribution in [1.29, 1.82) is 0 Å². The molecule has 9 heteroatoms. The summed E-state index contributed by atoms with van der Waals surface area (Å²) in [6.07, 6.45) is 0.329. The van der Waals surface area contributed by atoms with E-state index in [9.17, 15) is 26.2 Å². The molecule has 1 aromatic carbocycles. The van der Waals surface area contributed by atoms with Crippen molar-refractivity contribution in [3.8, 4) is 0 Å². The zero-order valence-electron chi connectivity index (χ0n) is 8.31. The van der Waals surface area contributed by atoms with Crippen molar-refractivity contribution in [3.63, 3.8) is 0 Å². The summed E-state index contributed by atoms with van der Waals surface area (Å²) in [4.78, 5) is 0. The summed E-state index contributed by atoms with van der Waals surface area (Å²) in [5.74, 6) is -12.9. The fourth-order valence-corrected chi connectivity index (χ4v) is 2.03. The maximum absolute atomic E-state index is 13.0. The monoisotopic (exact) mass is 278 g/mol. The smallest absolute Gasteiger partial charge is 0.200 e. The molecular formula is C8H7F5O3S. The molecule has 0 aromatic heterocycles. The molecule has 0 radical (unpaired) electrons. The Balaban J connectivity index is 3.52. The second kappa shape index (κ2) is 3.72. The van der Waals surface area contributed by atoms with E-state index >= 15 is 0 Å². The summed E-state index contributed by atoms with van der Waals surface area (Å²) in [6, 6.07) is 0. The molecule has 17 heavy (non-hydrogen) atoms. The van der Waals surface area contributed by atoms with Gasteiger partial charge in [-0.3, -0.25) is 0 Å². The van der Waals surface area contributed by atoms with Crippen LogP contribution < -0.4 is 0 Å². The third-order valence-corrected chi connectivity index (χ3v) is 2.73. The Morgan fingerprint density at radius 1 is 0.882 bits per heavy atom. The van der Waals surface area contributed by atoms with Gasteiger partial charge in [-0.2, -0.15) is 0 Å². The molecule has 3 nitrogen and oxygen atoms in total. The van der Waals surface area contributed by atoms with Gasteiger partial charge in [0.15, 0.2) is 23.3 Å². The van der Waals surface area contributed by atoms with E-state index in [4.69, 9.17) is 9.11 Å². The van der Waals surface area contributed by atoms with E-state index in [-0.39, 0.29) is 0 Å². The molecule has 0 heterocycles. The van der Waals surface area contributed by atoms with Crippen LogP contribution in [-0.2, 0) is 15.4 Å². The number of halogens is 5. The van der Waals surface area contributed by atoms with Gasteiger partial charge in [-0.15, -0.1) is 0 Å². The standard InChI is InChI=1S/C8H7F5O3S/c1-17(14,15,16)2-3-4(9)6(11)8(13)7(12)5(3)10/h2H2,1H3,(H2,14,15,16). The molecule has 0 fully saturated rings. The molecule has 0 unspecified atom stereocenters. The van der Waals surface area contributed by atoms with Crippen molar-refractivity contribution in [2.24, 2.45) is 0 Å². The summed E-state index contributed by atoms with van der Waals surface area (Å²) in [5.41, 5.74) is -1.54. The van der Waals surface area contributed by atoms with E-state index in [2.05, 4.69) is 0 Å². The SMILES string of the molecule is CS(=O)(O)(O)Cc1c(F)c(F)c(F)c(F)c1F. The van der Waals surface area contributed by atoms with Crippen LogP contribution in [0.15, 0.2) is 0 Å². The second-order valence-electron chi connectivity index (χ2n) is 3.62. The third-order valence-electron chi connectivity index (χ3n) is 1.78. The molecule has 2 N–H and O–H groups in total. The highest BCUT2D eigenvalue weighted by Gasteiger charge is 2.32.